The summed E-state index contributed by atoms with van der Waals surface area (Å²) in [5.74, 6) is 2.12. The number of aliphatic hydroxyl groups excluding tert-OH is 1. The first kappa shape index (κ1) is 17.8. The zero-order valence-electron chi connectivity index (χ0n) is 13.8. The molecule has 21 heavy (non-hydrogen) atoms. The van der Waals surface area contributed by atoms with Gasteiger partial charge in [0.05, 0.1) is 7.11 Å². The van der Waals surface area contributed by atoms with Gasteiger partial charge in [-0.3, -0.25) is 0 Å². The van der Waals surface area contributed by atoms with Crippen LogP contribution >= 0.6 is 0 Å². The first-order valence-corrected chi connectivity index (χ1v) is 7.51. The van der Waals surface area contributed by atoms with Crippen molar-refractivity contribution in [1.29, 1.82) is 0 Å². The second-order valence-corrected chi connectivity index (χ2v) is 6.41. The van der Waals surface area contributed by atoms with Crippen LogP contribution in [0.4, 0.5) is 0 Å². The number of ether oxygens (including phenoxy) is 2. The SMILES string of the molecule is COc1ccc(OCC(O)CNCC(C)(C)C(C)C)cc1. The molecule has 0 aliphatic carbocycles. The number of hydrogen-bond acceptors (Lipinski definition) is 4. The van der Waals surface area contributed by atoms with E-state index in [0.29, 0.717) is 12.5 Å². The minimum atomic E-state index is -0.518. The minimum absolute atomic E-state index is 0.219. The van der Waals surface area contributed by atoms with E-state index in [0.717, 1.165) is 18.0 Å². The molecule has 0 radical (unpaired) electrons. The van der Waals surface area contributed by atoms with E-state index in [1.54, 1.807) is 7.11 Å². The lowest BCUT2D eigenvalue weighted by Gasteiger charge is -2.30. The third-order valence-corrected chi connectivity index (χ3v) is 4.03. The molecule has 0 aliphatic rings. The Labute approximate surface area is 128 Å². The summed E-state index contributed by atoms with van der Waals surface area (Å²) in [6.45, 7) is 10.6. The van der Waals surface area contributed by atoms with Gasteiger partial charge in [0.25, 0.3) is 0 Å². The summed E-state index contributed by atoms with van der Waals surface area (Å²) in [5.41, 5.74) is 0.219. The molecule has 1 rings (SSSR count). The summed E-state index contributed by atoms with van der Waals surface area (Å²) in [6, 6.07) is 7.35. The van der Waals surface area contributed by atoms with Gasteiger partial charge in [-0.25, -0.2) is 0 Å². The molecule has 0 spiro atoms. The molecule has 1 aromatic carbocycles. The predicted octanol–water partition coefficient (Wildman–Crippen LogP) is 2.71. The number of methoxy groups -OCH3 is 1. The van der Waals surface area contributed by atoms with Gasteiger partial charge in [-0.2, -0.15) is 0 Å². The van der Waals surface area contributed by atoms with Gasteiger partial charge in [-0.1, -0.05) is 27.7 Å². The standard InChI is InChI=1S/C17H29NO3/c1-13(2)17(3,4)12-18-10-14(19)11-21-16-8-6-15(20-5)7-9-16/h6-9,13-14,18-19H,10-12H2,1-5H3. The van der Waals surface area contributed by atoms with Crippen molar-refractivity contribution in [3.8, 4) is 11.5 Å². The second-order valence-electron chi connectivity index (χ2n) is 6.41. The van der Waals surface area contributed by atoms with Crippen LogP contribution in [0.2, 0.25) is 0 Å². The van der Waals surface area contributed by atoms with Gasteiger partial charge in [-0.15, -0.1) is 0 Å². The zero-order chi connectivity index (χ0) is 15.9. The van der Waals surface area contributed by atoms with Gasteiger partial charge in [0.15, 0.2) is 0 Å². The molecule has 0 amide bonds. The number of aliphatic hydroxyl groups is 1. The smallest absolute Gasteiger partial charge is 0.119 e. The molecular weight excluding hydrogens is 266 g/mol. The third kappa shape index (κ3) is 6.36. The van der Waals surface area contributed by atoms with Crippen molar-refractivity contribution in [2.45, 2.75) is 33.8 Å². The van der Waals surface area contributed by atoms with Crippen molar-refractivity contribution in [2.75, 3.05) is 26.8 Å². The van der Waals surface area contributed by atoms with E-state index in [9.17, 15) is 5.11 Å². The van der Waals surface area contributed by atoms with Crippen molar-refractivity contribution in [3.63, 3.8) is 0 Å². The molecule has 0 saturated heterocycles. The number of benzene rings is 1. The van der Waals surface area contributed by atoms with E-state index in [4.69, 9.17) is 9.47 Å². The molecule has 1 unspecified atom stereocenters. The summed E-state index contributed by atoms with van der Waals surface area (Å²) in [7, 11) is 1.63. The Balaban J connectivity index is 2.26. The third-order valence-electron chi connectivity index (χ3n) is 4.03. The molecule has 1 atom stereocenters. The average Bonchev–Trinajstić information content (AvgIpc) is 2.45. The summed E-state index contributed by atoms with van der Waals surface area (Å²) >= 11 is 0. The van der Waals surface area contributed by atoms with Gasteiger partial charge in [0.1, 0.15) is 24.2 Å². The molecule has 4 nitrogen and oxygen atoms in total. The van der Waals surface area contributed by atoms with Gasteiger partial charge in [0.2, 0.25) is 0 Å². The van der Waals surface area contributed by atoms with Crippen LogP contribution in [0.15, 0.2) is 24.3 Å². The summed E-state index contributed by atoms with van der Waals surface area (Å²) in [5, 5.41) is 13.2. The van der Waals surface area contributed by atoms with Gasteiger partial charge >= 0.3 is 0 Å². The second kappa shape index (κ2) is 8.25. The summed E-state index contributed by atoms with van der Waals surface area (Å²) in [6.07, 6.45) is -0.518. The fraction of sp³-hybridized carbons (Fsp3) is 0.647. The molecule has 2 N–H and O–H groups in total. The van der Waals surface area contributed by atoms with Crippen LogP contribution in [0.1, 0.15) is 27.7 Å². The highest BCUT2D eigenvalue weighted by atomic mass is 16.5. The molecule has 0 heterocycles. The fourth-order valence-electron chi connectivity index (χ4n) is 1.69. The topological polar surface area (TPSA) is 50.7 Å². The maximum atomic E-state index is 9.93. The Morgan fingerprint density at radius 1 is 1.14 bits per heavy atom. The maximum absolute atomic E-state index is 9.93. The van der Waals surface area contributed by atoms with Crippen LogP contribution in [0, 0.1) is 11.3 Å². The Morgan fingerprint density at radius 2 is 1.71 bits per heavy atom. The Morgan fingerprint density at radius 3 is 2.24 bits per heavy atom. The summed E-state index contributed by atoms with van der Waals surface area (Å²) in [4.78, 5) is 0. The van der Waals surface area contributed by atoms with Crippen molar-refractivity contribution >= 4 is 0 Å². The maximum Gasteiger partial charge on any atom is 0.119 e. The first-order chi connectivity index (χ1) is 9.85. The van der Waals surface area contributed by atoms with Crippen molar-refractivity contribution < 1.29 is 14.6 Å². The largest absolute Gasteiger partial charge is 0.497 e. The average molecular weight is 295 g/mol. The quantitative estimate of drug-likeness (QED) is 0.735. The Bertz CT molecular complexity index is 401. The van der Waals surface area contributed by atoms with Crippen molar-refractivity contribution in [1.82, 2.24) is 5.32 Å². The van der Waals surface area contributed by atoms with Crippen molar-refractivity contribution in [3.05, 3.63) is 24.3 Å². The lowest BCUT2D eigenvalue weighted by Crippen LogP contribution is -2.39. The molecule has 0 aromatic heterocycles. The van der Waals surface area contributed by atoms with E-state index in [-0.39, 0.29) is 12.0 Å². The van der Waals surface area contributed by atoms with Gasteiger partial charge in [0, 0.05) is 13.1 Å². The van der Waals surface area contributed by atoms with Crippen LogP contribution in [-0.4, -0.2) is 38.0 Å². The predicted molar refractivity (Wildman–Crippen MR) is 86.0 cm³/mol. The number of hydrogen-bond donors (Lipinski definition) is 2. The molecule has 120 valence electrons. The molecular formula is C17H29NO3. The van der Waals surface area contributed by atoms with E-state index in [2.05, 4.69) is 33.0 Å². The van der Waals surface area contributed by atoms with Crippen LogP contribution < -0.4 is 14.8 Å². The molecule has 0 fully saturated rings. The number of nitrogens with one attached hydrogen (secondary N) is 1. The zero-order valence-corrected chi connectivity index (χ0v) is 13.8. The highest BCUT2D eigenvalue weighted by Gasteiger charge is 2.21. The highest BCUT2D eigenvalue weighted by Crippen LogP contribution is 2.24. The highest BCUT2D eigenvalue weighted by molar-refractivity contribution is 5.31. The van der Waals surface area contributed by atoms with Crippen LogP contribution in [0.5, 0.6) is 11.5 Å². The van der Waals surface area contributed by atoms with Crippen molar-refractivity contribution in [2.24, 2.45) is 11.3 Å². The lowest BCUT2D eigenvalue weighted by molar-refractivity contribution is 0.101. The van der Waals surface area contributed by atoms with E-state index in [1.807, 2.05) is 24.3 Å². The first-order valence-electron chi connectivity index (χ1n) is 7.51. The van der Waals surface area contributed by atoms with Crippen LogP contribution in [0.3, 0.4) is 0 Å². The van der Waals surface area contributed by atoms with Crippen LogP contribution in [0.25, 0.3) is 0 Å². The van der Waals surface area contributed by atoms with Gasteiger partial charge < -0.3 is 19.9 Å². The van der Waals surface area contributed by atoms with Gasteiger partial charge in [-0.05, 0) is 35.6 Å². The molecule has 1 aromatic rings. The van der Waals surface area contributed by atoms with E-state index < -0.39 is 6.10 Å². The molecule has 0 bridgehead atoms. The lowest BCUT2D eigenvalue weighted by atomic mass is 9.81. The fourth-order valence-corrected chi connectivity index (χ4v) is 1.69. The normalized spacial score (nSPS) is 13.3. The van der Waals surface area contributed by atoms with E-state index in [1.165, 1.54) is 0 Å². The van der Waals surface area contributed by atoms with E-state index >= 15 is 0 Å². The number of rotatable bonds is 9. The molecule has 0 aliphatic heterocycles. The monoisotopic (exact) mass is 295 g/mol. The van der Waals surface area contributed by atoms with Crippen LogP contribution in [-0.2, 0) is 0 Å². The summed E-state index contributed by atoms with van der Waals surface area (Å²) < 4.78 is 10.6. The molecule has 0 saturated carbocycles. The Hall–Kier alpha value is -1.26. The minimum Gasteiger partial charge on any atom is -0.497 e. The molecule has 4 heteroatoms. The Kier molecular flexibility index (Phi) is 6.99.